The standard InChI is InChI=1S/C17H16N2O5/c1-2-10-24-17(21)12-6-8-14(9-7-12)18-11-13-4-3-5-15(16(13)20)19(22)23/h3-9,11,20H,2,10H2,1H3. The fourth-order valence-corrected chi connectivity index (χ4v) is 1.91. The first-order valence-corrected chi connectivity index (χ1v) is 7.30. The van der Waals surface area contributed by atoms with Crippen LogP contribution >= 0.6 is 0 Å². The highest BCUT2D eigenvalue weighted by atomic mass is 16.6. The van der Waals surface area contributed by atoms with Gasteiger partial charge in [0.05, 0.1) is 22.8 Å². The predicted molar refractivity (Wildman–Crippen MR) is 89.0 cm³/mol. The van der Waals surface area contributed by atoms with Gasteiger partial charge in [-0.05, 0) is 36.8 Å². The number of hydrogen-bond acceptors (Lipinski definition) is 6. The van der Waals surface area contributed by atoms with E-state index >= 15 is 0 Å². The molecule has 0 saturated heterocycles. The minimum Gasteiger partial charge on any atom is -0.502 e. The first-order valence-electron chi connectivity index (χ1n) is 7.30. The number of phenols is 1. The minimum absolute atomic E-state index is 0.232. The van der Waals surface area contributed by atoms with Crippen molar-refractivity contribution in [1.82, 2.24) is 0 Å². The number of nitro benzene ring substituents is 1. The molecule has 0 aliphatic carbocycles. The Labute approximate surface area is 138 Å². The van der Waals surface area contributed by atoms with E-state index in [0.29, 0.717) is 17.9 Å². The Hall–Kier alpha value is -3.22. The van der Waals surface area contributed by atoms with E-state index in [9.17, 15) is 20.0 Å². The van der Waals surface area contributed by atoms with E-state index in [1.807, 2.05) is 6.92 Å². The Morgan fingerprint density at radius 3 is 2.62 bits per heavy atom. The van der Waals surface area contributed by atoms with Crippen molar-refractivity contribution in [3.05, 3.63) is 63.7 Å². The highest BCUT2D eigenvalue weighted by molar-refractivity contribution is 5.90. The first-order chi connectivity index (χ1) is 11.5. The number of para-hydroxylation sites is 1. The van der Waals surface area contributed by atoms with Gasteiger partial charge in [0.2, 0.25) is 5.75 Å². The smallest absolute Gasteiger partial charge is 0.338 e. The highest BCUT2D eigenvalue weighted by Crippen LogP contribution is 2.28. The number of hydrogen-bond donors (Lipinski definition) is 1. The summed E-state index contributed by atoms with van der Waals surface area (Å²) in [4.78, 5) is 25.9. The number of benzene rings is 2. The Morgan fingerprint density at radius 1 is 1.29 bits per heavy atom. The van der Waals surface area contributed by atoms with Gasteiger partial charge in [0.1, 0.15) is 0 Å². The third-order valence-electron chi connectivity index (χ3n) is 3.14. The fraction of sp³-hybridized carbons (Fsp3) is 0.176. The van der Waals surface area contributed by atoms with Gasteiger partial charge in [0, 0.05) is 17.8 Å². The first kappa shape index (κ1) is 17.1. The normalized spacial score (nSPS) is 10.7. The number of ether oxygens (including phenoxy) is 1. The largest absolute Gasteiger partial charge is 0.502 e. The zero-order valence-electron chi connectivity index (χ0n) is 13.0. The molecule has 2 aromatic rings. The van der Waals surface area contributed by atoms with Crippen LogP contribution in [-0.4, -0.2) is 28.8 Å². The maximum atomic E-state index is 11.7. The van der Waals surface area contributed by atoms with Crippen LogP contribution in [0.15, 0.2) is 47.5 Å². The summed E-state index contributed by atoms with van der Waals surface area (Å²) in [6.07, 6.45) is 2.08. The quantitative estimate of drug-likeness (QED) is 0.377. The van der Waals surface area contributed by atoms with Crippen LogP contribution in [0, 0.1) is 10.1 Å². The minimum atomic E-state index is -0.663. The molecule has 0 aromatic heterocycles. The molecule has 0 saturated carbocycles. The summed E-state index contributed by atoms with van der Waals surface area (Å²) in [6.45, 7) is 2.28. The number of aromatic hydroxyl groups is 1. The van der Waals surface area contributed by atoms with Crippen LogP contribution in [-0.2, 0) is 4.74 Å². The van der Waals surface area contributed by atoms with E-state index in [1.54, 1.807) is 24.3 Å². The van der Waals surface area contributed by atoms with E-state index in [0.717, 1.165) is 6.42 Å². The highest BCUT2D eigenvalue weighted by Gasteiger charge is 2.15. The summed E-state index contributed by atoms with van der Waals surface area (Å²) in [5, 5.41) is 20.6. The molecule has 0 amide bonds. The van der Waals surface area contributed by atoms with Crippen LogP contribution < -0.4 is 0 Å². The number of aliphatic imine (C=N–C) groups is 1. The monoisotopic (exact) mass is 328 g/mol. The molecule has 0 spiro atoms. The molecule has 0 aliphatic heterocycles. The lowest BCUT2D eigenvalue weighted by Crippen LogP contribution is -2.05. The molecule has 2 rings (SSSR count). The zero-order chi connectivity index (χ0) is 17.5. The molecule has 0 fully saturated rings. The van der Waals surface area contributed by atoms with E-state index < -0.39 is 16.6 Å². The summed E-state index contributed by atoms with van der Waals surface area (Å²) in [6, 6.07) is 10.6. The summed E-state index contributed by atoms with van der Waals surface area (Å²) in [5.41, 5.74) is 0.803. The molecule has 0 bridgehead atoms. The van der Waals surface area contributed by atoms with Crippen molar-refractivity contribution in [1.29, 1.82) is 0 Å². The fourth-order valence-electron chi connectivity index (χ4n) is 1.91. The van der Waals surface area contributed by atoms with Crippen LogP contribution in [0.3, 0.4) is 0 Å². The van der Waals surface area contributed by atoms with Gasteiger partial charge in [-0.15, -0.1) is 0 Å². The average Bonchev–Trinajstić information content (AvgIpc) is 2.59. The van der Waals surface area contributed by atoms with Crippen molar-refractivity contribution >= 4 is 23.6 Å². The van der Waals surface area contributed by atoms with Gasteiger partial charge in [0.25, 0.3) is 0 Å². The zero-order valence-corrected chi connectivity index (χ0v) is 13.0. The molecule has 0 unspecified atom stereocenters. The van der Waals surface area contributed by atoms with Crippen molar-refractivity contribution in [2.75, 3.05) is 6.61 Å². The van der Waals surface area contributed by atoms with Gasteiger partial charge >= 0.3 is 11.7 Å². The topological polar surface area (TPSA) is 102 Å². The van der Waals surface area contributed by atoms with E-state index in [-0.39, 0.29) is 11.3 Å². The lowest BCUT2D eigenvalue weighted by Gasteiger charge is -2.03. The molecule has 1 N–H and O–H groups in total. The van der Waals surface area contributed by atoms with Gasteiger partial charge in [-0.3, -0.25) is 15.1 Å². The second-order valence-corrected chi connectivity index (χ2v) is 4.91. The second kappa shape index (κ2) is 7.87. The lowest BCUT2D eigenvalue weighted by atomic mass is 10.2. The van der Waals surface area contributed by atoms with E-state index in [1.165, 1.54) is 24.4 Å². The maximum Gasteiger partial charge on any atom is 0.338 e. The third kappa shape index (κ3) is 4.16. The van der Waals surface area contributed by atoms with Crippen molar-refractivity contribution in [3.8, 4) is 5.75 Å². The van der Waals surface area contributed by atoms with Crippen LogP contribution in [0.25, 0.3) is 0 Å². The average molecular weight is 328 g/mol. The second-order valence-electron chi connectivity index (χ2n) is 4.91. The summed E-state index contributed by atoms with van der Waals surface area (Å²) < 4.78 is 5.02. The summed E-state index contributed by atoms with van der Waals surface area (Å²) in [7, 11) is 0. The number of nitrogens with zero attached hydrogens (tertiary/aromatic N) is 2. The molecule has 24 heavy (non-hydrogen) atoms. The van der Waals surface area contributed by atoms with Crippen LogP contribution in [0.5, 0.6) is 5.75 Å². The lowest BCUT2D eigenvalue weighted by molar-refractivity contribution is -0.385. The Kier molecular flexibility index (Phi) is 5.62. The molecule has 0 heterocycles. The Morgan fingerprint density at radius 2 is 2.00 bits per heavy atom. The van der Waals surface area contributed by atoms with Crippen molar-refractivity contribution < 1.29 is 19.6 Å². The molecule has 0 atom stereocenters. The van der Waals surface area contributed by atoms with Gasteiger partial charge < -0.3 is 9.84 Å². The van der Waals surface area contributed by atoms with E-state index in [2.05, 4.69) is 4.99 Å². The molecule has 7 nitrogen and oxygen atoms in total. The van der Waals surface area contributed by atoms with Gasteiger partial charge in [0.15, 0.2) is 0 Å². The molecule has 0 radical (unpaired) electrons. The van der Waals surface area contributed by atoms with E-state index in [4.69, 9.17) is 4.74 Å². The van der Waals surface area contributed by atoms with Crippen molar-refractivity contribution in [2.45, 2.75) is 13.3 Å². The van der Waals surface area contributed by atoms with Gasteiger partial charge in [-0.1, -0.05) is 13.0 Å². The molecular formula is C17H16N2O5. The maximum absolute atomic E-state index is 11.7. The molecule has 0 aliphatic rings. The molecular weight excluding hydrogens is 312 g/mol. The molecule has 7 heteroatoms. The van der Waals surface area contributed by atoms with Gasteiger partial charge in [-0.25, -0.2) is 4.79 Å². The van der Waals surface area contributed by atoms with Gasteiger partial charge in [-0.2, -0.15) is 0 Å². The number of rotatable bonds is 6. The Bertz CT molecular complexity index is 769. The van der Waals surface area contributed by atoms with Crippen LogP contribution in [0.4, 0.5) is 11.4 Å². The number of esters is 1. The number of carbonyl (C=O) groups excluding carboxylic acids is 1. The number of phenolic OH excluding ortho intramolecular Hbond substituents is 1. The molecule has 2 aromatic carbocycles. The number of nitro groups is 1. The summed E-state index contributed by atoms with van der Waals surface area (Å²) >= 11 is 0. The number of carbonyl (C=O) groups is 1. The SMILES string of the molecule is CCCOC(=O)c1ccc(N=Cc2cccc([N+](=O)[O-])c2O)cc1. The summed E-state index contributed by atoms with van der Waals surface area (Å²) in [5.74, 6) is -0.838. The Balaban J connectivity index is 2.14. The van der Waals surface area contributed by atoms with Crippen LogP contribution in [0.2, 0.25) is 0 Å². The third-order valence-corrected chi connectivity index (χ3v) is 3.14. The van der Waals surface area contributed by atoms with Crippen molar-refractivity contribution in [3.63, 3.8) is 0 Å². The van der Waals surface area contributed by atoms with Crippen LogP contribution in [0.1, 0.15) is 29.3 Å². The molecule has 124 valence electrons. The van der Waals surface area contributed by atoms with Crippen molar-refractivity contribution in [2.24, 2.45) is 4.99 Å². The predicted octanol–water partition coefficient (Wildman–Crippen LogP) is 3.62.